The van der Waals surface area contributed by atoms with Crippen LogP contribution in [-0.2, 0) is 6.42 Å². The summed E-state index contributed by atoms with van der Waals surface area (Å²) in [6, 6.07) is 9.10. The Labute approximate surface area is 144 Å². The molecule has 124 valence electrons. The summed E-state index contributed by atoms with van der Waals surface area (Å²) in [6.07, 6.45) is 4.24. The Hall–Kier alpha value is -2.67. The fraction of sp³-hybridized carbons (Fsp3) is 0.235. The summed E-state index contributed by atoms with van der Waals surface area (Å²) < 4.78 is 7.21. The van der Waals surface area contributed by atoms with Gasteiger partial charge < -0.3 is 10.1 Å². The Balaban J connectivity index is 1.56. The number of aromatic nitrogens is 3. The highest BCUT2D eigenvalue weighted by Gasteiger charge is 2.11. The van der Waals surface area contributed by atoms with E-state index >= 15 is 0 Å². The first kappa shape index (κ1) is 16.2. The number of benzene rings is 1. The fourth-order valence-corrected chi connectivity index (χ4v) is 3.03. The molecule has 6 nitrogen and oxygen atoms in total. The SMILES string of the molecule is CCOc1ccccc1C(=O)NCCc1csc(-n2cccn2)n1. The van der Waals surface area contributed by atoms with Crippen LogP contribution in [0.4, 0.5) is 0 Å². The molecule has 0 saturated heterocycles. The molecule has 0 atom stereocenters. The van der Waals surface area contributed by atoms with Crippen LogP contribution in [0.1, 0.15) is 23.0 Å². The van der Waals surface area contributed by atoms with E-state index in [2.05, 4.69) is 15.4 Å². The van der Waals surface area contributed by atoms with Crippen LogP contribution in [0.25, 0.3) is 5.13 Å². The average molecular weight is 342 g/mol. The molecule has 1 amide bonds. The maximum atomic E-state index is 12.3. The van der Waals surface area contributed by atoms with Crippen molar-refractivity contribution in [1.29, 1.82) is 0 Å². The van der Waals surface area contributed by atoms with Crippen molar-refractivity contribution in [3.05, 3.63) is 59.4 Å². The maximum absolute atomic E-state index is 12.3. The first-order chi connectivity index (χ1) is 11.8. The van der Waals surface area contributed by atoms with Crippen LogP contribution < -0.4 is 10.1 Å². The van der Waals surface area contributed by atoms with Crippen molar-refractivity contribution in [3.8, 4) is 10.9 Å². The quantitative estimate of drug-likeness (QED) is 0.717. The van der Waals surface area contributed by atoms with Crippen molar-refractivity contribution in [2.45, 2.75) is 13.3 Å². The maximum Gasteiger partial charge on any atom is 0.255 e. The van der Waals surface area contributed by atoms with Crippen molar-refractivity contribution in [2.75, 3.05) is 13.2 Å². The van der Waals surface area contributed by atoms with Gasteiger partial charge in [0.15, 0.2) is 0 Å². The van der Waals surface area contributed by atoms with Gasteiger partial charge in [0.2, 0.25) is 5.13 Å². The summed E-state index contributed by atoms with van der Waals surface area (Å²) in [4.78, 5) is 16.8. The zero-order valence-electron chi connectivity index (χ0n) is 13.3. The summed E-state index contributed by atoms with van der Waals surface area (Å²) in [6.45, 7) is 2.94. The highest BCUT2D eigenvalue weighted by atomic mass is 32.1. The van der Waals surface area contributed by atoms with Crippen LogP contribution in [0, 0.1) is 0 Å². The van der Waals surface area contributed by atoms with Gasteiger partial charge >= 0.3 is 0 Å². The number of nitrogens with one attached hydrogen (secondary N) is 1. The van der Waals surface area contributed by atoms with Gasteiger partial charge in [0.1, 0.15) is 5.75 Å². The Morgan fingerprint density at radius 3 is 3.00 bits per heavy atom. The third-order valence-electron chi connectivity index (χ3n) is 3.34. The zero-order valence-corrected chi connectivity index (χ0v) is 14.1. The molecule has 1 N–H and O–H groups in total. The molecule has 0 radical (unpaired) electrons. The molecule has 24 heavy (non-hydrogen) atoms. The normalized spacial score (nSPS) is 10.5. The summed E-state index contributed by atoms with van der Waals surface area (Å²) in [7, 11) is 0. The highest BCUT2D eigenvalue weighted by Crippen LogP contribution is 2.18. The second-order valence-corrected chi connectivity index (χ2v) is 5.84. The van der Waals surface area contributed by atoms with Crippen LogP contribution >= 0.6 is 11.3 Å². The van der Waals surface area contributed by atoms with Crippen LogP contribution in [0.5, 0.6) is 5.75 Å². The van der Waals surface area contributed by atoms with Gasteiger partial charge in [-0.15, -0.1) is 11.3 Å². The van der Waals surface area contributed by atoms with Gasteiger partial charge in [-0.25, -0.2) is 9.67 Å². The number of carbonyl (C=O) groups excluding carboxylic acids is 1. The van der Waals surface area contributed by atoms with Crippen molar-refractivity contribution < 1.29 is 9.53 Å². The minimum absolute atomic E-state index is 0.137. The number of hydrogen-bond acceptors (Lipinski definition) is 5. The Bertz CT molecular complexity index is 799. The van der Waals surface area contributed by atoms with E-state index in [1.165, 1.54) is 11.3 Å². The van der Waals surface area contributed by atoms with E-state index < -0.39 is 0 Å². The van der Waals surface area contributed by atoms with Crippen LogP contribution in [0.3, 0.4) is 0 Å². The van der Waals surface area contributed by atoms with Crippen molar-refractivity contribution in [1.82, 2.24) is 20.1 Å². The topological polar surface area (TPSA) is 69.0 Å². The average Bonchev–Trinajstić information content (AvgIpc) is 3.27. The van der Waals surface area contributed by atoms with E-state index in [1.807, 2.05) is 36.7 Å². The largest absolute Gasteiger partial charge is 0.493 e. The van der Waals surface area contributed by atoms with Gasteiger partial charge in [-0.05, 0) is 25.1 Å². The third kappa shape index (κ3) is 3.80. The number of hydrogen-bond donors (Lipinski definition) is 1. The number of para-hydroxylation sites is 1. The molecule has 0 bridgehead atoms. The smallest absolute Gasteiger partial charge is 0.255 e. The molecule has 0 saturated carbocycles. The molecule has 2 heterocycles. The number of nitrogens with zero attached hydrogens (tertiary/aromatic N) is 3. The molecule has 3 rings (SSSR count). The lowest BCUT2D eigenvalue weighted by molar-refractivity contribution is 0.0950. The molecule has 0 aliphatic carbocycles. The number of rotatable bonds is 7. The number of carbonyl (C=O) groups is 1. The monoisotopic (exact) mass is 342 g/mol. The summed E-state index contributed by atoms with van der Waals surface area (Å²) in [5, 5.41) is 9.88. The van der Waals surface area contributed by atoms with E-state index in [-0.39, 0.29) is 5.91 Å². The molecule has 0 fully saturated rings. The van der Waals surface area contributed by atoms with E-state index in [9.17, 15) is 4.79 Å². The minimum atomic E-state index is -0.137. The first-order valence-electron chi connectivity index (χ1n) is 7.72. The van der Waals surface area contributed by atoms with Crippen LogP contribution in [0.2, 0.25) is 0 Å². The van der Waals surface area contributed by atoms with Crippen molar-refractivity contribution in [2.24, 2.45) is 0 Å². The molecule has 1 aromatic carbocycles. The zero-order chi connectivity index (χ0) is 16.8. The van der Waals surface area contributed by atoms with E-state index in [0.29, 0.717) is 30.9 Å². The second-order valence-electron chi connectivity index (χ2n) is 5.01. The van der Waals surface area contributed by atoms with Gasteiger partial charge in [0.05, 0.1) is 17.9 Å². The molecule has 0 aliphatic rings. The fourth-order valence-electron chi connectivity index (χ4n) is 2.23. The Kier molecular flexibility index (Phi) is 5.22. The Morgan fingerprint density at radius 2 is 2.21 bits per heavy atom. The molecular weight excluding hydrogens is 324 g/mol. The molecule has 0 aliphatic heterocycles. The van der Waals surface area contributed by atoms with Gasteiger partial charge in [-0.2, -0.15) is 5.10 Å². The van der Waals surface area contributed by atoms with E-state index in [0.717, 1.165) is 10.8 Å². The van der Waals surface area contributed by atoms with Gasteiger partial charge in [-0.1, -0.05) is 12.1 Å². The van der Waals surface area contributed by atoms with Gasteiger partial charge in [0.25, 0.3) is 5.91 Å². The predicted molar refractivity (Wildman–Crippen MR) is 92.9 cm³/mol. The molecule has 3 aromatic rings. The molecule has 0 unspecified atom stereocenters. The number of amides is 1. The van der Waals surface area contributed by atoms with Crippen molar-refractivity contribution >= 4 is 17.2 Å². The summed E-state index contributed by atoms with van der Waals surface area (Å²) in [5.74, 6) is 0.466. The first-order valence-corrected chi connectivity index (χ1v) is 8.60. The summed E-state index contributed by atoms with van der Waals surface area (Å²) >= 11 is 1.53. The summed E-state index contributed by atoms with van der Waals surface area (Å²) in [5.41, 5.74) is 1.48. The highest BCUT2D eigenvalue weighted by molar-refractivity contribution is 7.12. The second kappa shape index (κ2) is 7.74. The minimum Gasteiger partial charge on any atom is -0.493 e. The van der Waals surface area contributed by atoms with Crippen LogP contribution in [-0.4, -0.2) is 33.8 Å². The lowest BCUT2D eigenvalue weighted by Crippen LogP contribution is -2.26. The van der Waals surface area contributed by atoms with E-state index in [1.54, 1.807) is 23.0 Å². The number of thiazole rings is 1. The lowest BCUT2D eigenvalue weighted by Gasteiger charge is -2.10. The molecular formula is C17H18N4O2S. The van der Waals surface area contributed by atoms with Crippen LogP contribution in [0.15, 0.2) is 48.1 Å². The van der Waals surface area contributed by atoms with Crippen molar-refractivity contribution in [3.63, 3.8) is 0 Å². The number of ether oxygens (including phenoxy) is 1. The Morgan fingerprint density at radius 1 is 1.33 bits per heavy atom. The molecule has 7 heteroatoms. The third-order valence-corrected chi connectivity index (χ3v) is 4.22. The molecule has 2 aromatic heterocycles. The molecule has 0 spiro atoms. The van der Waals surface area contributed by atoms with Gasteiger partial charge in [0, 0.05) is 30.7 Å². The standard InChI is InChI=1S/C17H18N4O2S/c1-2-23-15-7-4-3-6-14(15)16(22)18-10-8-13-12-24-17(20-13)21-11-5-9-19-21/h3-7,9,11-12H,2,8,10H2,1H3,(H,18,22). The lowest BCUT2D eigenvalue weighted by atomic mass is 10.2. The predicted octanol–water partition coefficient (Wildman–Crippen LogP) is 2.70. The van der Waals surface area contributed by atoms with Gasteiger partial charge in [-0.3, -0.25) is 4.79 Å². The van der Waals surface area contributed by atoms with E-state index in [4.69, 9.17) is 4.74 Å².